The van der Waals surface area contributed by atoms with Crippen LogP contribution in [-0.4, -0.2) is 23.0 Å². The molecule has 0 amide bonds. The second-order valence-corrected chi connectivity index (χ2v) is 3.93. The van der Waals surface area contributed by atoms with Crippen LogP contribution in [0.4, 0.5) is 17.2 Å². The number of rotatable bonds is 3. The number of anilines is 3. The average Bonchev–Trinajstić information content (AvgIpc) is 2.42. The van der Waals surface area contributed by atoms with E-state index in [4.69, 9.17) is 5.73 Å². The Bertz CT molecular complexity index is 613. The number of carbonyl (C=O) groups is 1. The quantitative estimate of drug-likeness (QED) is 0.817. The molecule has 0 fully saturated rings. The lowest BCUT2D eigenvalue weighted by Crippen LogP contribution is -2.09. The van der Waals surface area contributed by atoms with Crippen molar-refractivity contribution in [1.29, 1.82) is 0 Å². The smallest absolute Gasteiger partial charge is 0.340 e. The largest absolute Gasteiger partial charge is 0.465 e. The summed E-state index contributed by atoms with van der Waals surface area (Å²) in [5, 5.41) is 3.05. The van der Waals surface area contributed by atoms with E-state index in [-0.39, 0.29) is 11.3 Å². The van der Waals surface area contributed by atoms with Gasteiger partial charge in [0.05, 0.1) is 30.2 Å². The third-order valence-corrected chi connectivity index (χ3v) is 2.69. The molecule has 6 heteroatoms. The van der Waals surface area contributed by atoms with E-state index < -0.39 is 5.97 Å². The van der Waals surface area contributed by atoms with E-state index in [1.54, 1.807) is 12.4 Å². The Hall–Kier alpha value is -2.63. The van der Waals surface area contributed by atoms with Crippen molar-refractivity contribution in [2.75, 3.05) is 18.2 Å². The summed E-state index contributed by atoms with van der Waals surface area (Å²) in [6.07, 6.45) is 4.86. The van der Waals surface area contributed by atoms with Crippen LogP contribution in [0.3, 0.4) is 0 Å². The van der Waals surface area contributed by atoms with Gasteiger partial charge in [0.1, 0.15) is 0 Å². The van der Waals surface area contributed by atoms with Gasteiger partial charge in [-0.2, -0.15) is 0 Å². The fraction of sp³-hybridized carbons (Fsp3) is 0.154. The minimum atomic E-state index is -0.495. The van der Waals surface area contributed by atoms with Gasteiger partial charge < -0.3 is 15.8 Å². The minimum Gasteiger partial charge on any atom is -0.465 e. The van der Waals surface area contributed by atoms with Crippen LogP contribution >= 0.6 is 0 Å². The van der Waals surface area contributed by atoms with Crippen molar-refractivity contribution >= 4 is 23.2 Å². The first-order valence-electron chi connectivity index (χ1n) is 5.64. The van der Waals surface area contributed by atoms with Gasteiger partial charge >= 0.3 is 5.97 Å². The molecule has 3 N–H and O–H groups in total. The zero-order chi connectivity index (χ0) is 13.8. The molecule has 0 atom stereocenters. The Morgan fingerprint density at radius 2 is 2.16 bits per heavy atom. The van der Waals surface area contributed by atoms with E-state index in [0.29, 0.717) is 5.82 Å². The number of ether oxygens (including phenoxy) is 1. The van der Waals surface area contributed by atoms with Gasteiger partial charge in [0, 0.05) is 12.4 Å². The molecule has 2 aromatic rings. The Morgan fingerprint density at radius 3 is 2.84 bits per heavy atom. The maximum absolute atomic E-state index is 11.5. The Morgan fingerprint density at radius 1 is 1.37 bits per heavy atom. The first kappa shape index (κ1) is 12.8. The maximum Gasteiger partial charge on any atom is 0.340 e. The number of hydrogen-bond acceptors (Lipinski definition) is 6. The number of aromatic nitrogens is 2. The number of nitrogens with zero attached hydrogens (tertiary/aromatic N) is 2. The molecule has 0 saturated heterocycles. The van der Waals surface area contributed by atoms with Crippen LogP contribution in [0.25, 0.3) is 0 Å². The van der Waals surface area contributed by atoms with Crippen molar-refractivity contribution in [2.24, 2.45) is 0 Å². The van der Waals surface area contributed by atoms with Crippen LogP contribution < -0.4 is 11.1 Å². The zero-order valence-electron chi connectivity index (χ0n) is 10.7. The third-order valence-electron chi connectivity index (χ3n) is 2.69. The number of pyridine rings is 2. The molecule has 0 aliphatic rings. The van der Waals surface area contributed by atoms with Gasteiger partial charge in [-0.1, -0.05) is 0 Å². The van der Waals surface area contributed by atoms with E-state index in [0.717, 1.165) is 11.3 Å². The Labute approximate surface area is 110 Å². The summed E-state index contributed by atoms with van der Waals surface area (Å²) in [4.78, 5) is 19.7. The normalized spacial score (nSPS) is 10.0. The summed E-state index contributed by atoms with van der Waals surface area (Å²) in [6.45, 7) is 1.93. The van der Waals surface area contributed by atoms with Crippen LogP contribution in [0.2, 0.25) is 0 Å². The van der Waals surface area contributed by atoms with E-state index in [1.165, 1.54) is 19.4 Å². The predicted molar refractivity (Wildman–Crippen MR) is 72.2 cm³/mol. The molecule has 2 rings (SSSR count). The first-order chi connectivity index (χ1) is 9.13. The highest BCUT2D eigenvalue weighted by Crippen LogP contribution is 2.25. The van der Waals surface area contributed by atoms with Crippen molar-refractivity contribution in [3.63, 3.8) is 0 Å². The number of nitrogens with two attached hydrogens (primary N) is 1. The second-order valence-electron chi connectivity index (χ2n) is 3.93. The molecule has 0 aromatic carbocycles. The SMILES string of the molecule is COC(=O)c1ccnc(Nc2cnccc2C)c1N. The van der Waals surface area contributed by atoms with Crippen molar-refractivity contribution in [1.82, 2.24) is 9.97 Å². The molecule has 2 heterocycles. The van der Waals surface area contributed by atoms with Gasteiger partial charge in [0.2, 0.25) is 0 Å². The Kier molecular flexibility index (Phi) is 3.61. The fourth-order valence-corrected chi connectivity index (χ4v) is 1.58. The van der Waals surface area contributed by atoms with Crippen molar-refractivity contribution < 1.29 is 9.53 Å². The van der Waals surface area contributed by atoms with Crippen molar-refractivity contribution in [3.8, 4) is 0 Å². The molecule has 19 heavy (non-hydrogen) atoms. The molecular weight excluding hydrogens is 244 g/mol. The highest BCUT2D eigenvalue weighted by molar-refractivity contribution is 5.97. The molecule has 0 unspecified atom stereocenters. The fourth-order valence-electron chi connectivity index (χ4n) is 1.58. The topological polar surface area (TPSA) is 90.1 Å². The summed E-state index contributed by atoms with van der Waals surface area (Å²) < 4.78 is 4.66. The summed E-state index contributed by atoms with van der Waals surface area (Å²) in [7, 11) is 1.31. The number of nitrogens with one attached hydrogen (secondary N) is 1. The number of methoxy groups -OCH3 is 1. The van der Waals surface area contributed by atoms with Gasteiger partial charge in [0.15, 0.2) is 5.82 Å². The standard InChI is InChI=1S/C13H14N4O2/c1-8-3-5-15-7-10(8)17-12-11(14)9(4-6-16-12)13(18)19-2/h3-7H,14H2,1-2H3,(H,16,17). The third kappa shape index (κ3) is 2.62. The monoisotopic (exact) mass is 258 g/mol. The van der Waals surface area contributed by atoms with Crippen LogP contribution in [-0.2, 0) is 4.74 Å². The zero-order valence-corrected chi connectivity index (χ0v) is 10.7. The number of esters is 1. The molecule has 6 nitrogen and oxygen atoms in total. The number of nitrogen functional groups attached to an aromatic ring is 1. The first-order valence-corrected chi connectivity index (χ1v) is 5.64. The van der Waals surface area contributed by atoms with Gasteiger partial charge in [-0.3, -0.25) is 4.98 Å². The molecule has 0 aliphatic heterocycles. The summed E-state index contributed by atoms with van der Waals surface area (Å²) in [5.41, 5.74) is 8.22. The molecular formula is C13H14N4O2. The lowest BCUT2D eigenvalue weighted by Gasteiger charge is -2.12. The van der Waals surface area contributed by atoms with Gasteiger partial charge in [0.25, 0.3) is 0 Å². The molecule has 0 aliphatic carbocycles. The number of carbonyl (C=O) groups excluding carboxylic acids is 1. The highest BCUT2D eigenvalue weighted by atomic mass is 16.5. The molecule has 0 radical (unpaired) electrons. The van der Waals surface area contributed by atoms with E-state index >= 15 is 0 Å². The molecule has 0 bridgehead atoms. The number of aryl methyl sites for hydroxylation is 1. The molecule has 0 saturated carbocycles. The predicted octanol–water partition coefficient (Wildman–Crippen LogP) is 1.90. The van der Waals surface area contributed by atoms with Gasteiger partial charge in [-0.25, -0.2) is 9.78 Å². The van der Waals surface area contributed by atoms with E-state index in [1.807, 2.05) is 13.0 Å². The second kappa shape index (κ2) is 5.34. The van der Waals surface area contributed by atoms with Crippen LogP contribution in [0, 0.1) is 6.92 Å². The molecule has 98 valence electrons. The summed E-state index contributed by atoms with van der Waals surface area (Å²) >= 11 is 0. The lowest BCUT2D eigenvalue weighted by molar-refractivity contribution is 0.0602. The Balaban J connectivity index is 2.37. The van der Waals surface area contributed by atoms with Crippen molar-refractivity contribution in [2.45, 2.75) is 6.92 Å². The van der Waals surface area contributed by atoms with E-state index in [2.05, 4.69) is 20.0 Å². The highest BCUT2D eigenvalue weighted by Gasteiger charge is 2.14. The van der Waals surface area contributed by atoms with Gasteiger partial charge in [-0.15, -0.1) is 0 Å². The molecule has 0 spiro atoms. The van der Waals surface area contributed by atoms with E-state index in [9.17, 15) is 4.79 Å². The summed E-state index contributed by atoms with van der Waals surface area (Å²) in [6, 6.07) is 3.38. The maximum atomic E-state index is 11.5. The lowest BCUT2D eigenvalue weighted by atomic mass is 10.2. The average molecular weight is 258 g/mol. The van der Waals surface area contributed by atoms with Crippen LogP contribution in [0.5, 0.6) is 0 Å². The minimum absolute atomic E-state index is 0.248. The van der Waals surface area contributed by atoms with Crippen LogP contribution in [0.1, 0.15) is 15.9 Å². The van der Waals surface area contributed by atoms with Gasteiger partial charge in [-0.05, 0) is 24.6 Å². The molecule has 2 aromatic heterocycles. The van der Waals surface area contributed by atoms with Crippen molar-refractivity contribution in [3.05, 3.63) is 41.9 Å². The van der Waals surface area contributed by atoms with Crippen LogP contribution in [0.15, 0.2) is 30.7 Å². The summed E-state index contributed by atoms with van der Waals surface area (Å²) in [5.74, 6) is -0.0927. The number of hydrogen-bond donors (Lipinski definition) is 2.